The van der Waals surface area contributed by atoms with Crippen LogP contribution in [0.3, 0.4) is 0 Å². The highest BCUT2D eigenvalue weighted by atomic mass is 35.5. The summed E-state index contributed by atoms with van der Waals surface area (Å²) in [4.78, 5) is 19.4. The van der Waals surface area contributed by atoms with Gasteiger partial charge in [-0.15, -0.1) is 24.8 Å². The van der Waals surface area contributed by atoms with Crippen LogP contribution in [-0.2, 0) is 11.3 Å². The highest BCUT2D eigenvalue weighted by Gasteiger charge is 2.34. The van der Waals surface area contributed by atoms with Gasteiger partial charge in [0, 0.05) is 25.6 Å². The molecule has 1 fully saturated rings. The molecule has 2 heterocycles. The zero-order valence-electron chi connectivity index (χ0n) is 14.1. The Hall–Kier alpha value is -1.30. The molecule has 1 aliphatic heterocycles. The molecule has 1 aromatic carbocycles. The van der Waals surface area contributed by atoms with Crippen molar-refractivity contribution in [3.05, 3.63) is 30.1 Å². The van der Waals surface area contributed by atoms with Crippen molar-refractivity contribution in [3.63, 3.8) is 0 Å². The highest BCUT2D eigenvalue weighted by Crippen LogP contribution is 2.34. The lowest BCUT2D eigenvalue weighted by Crippen LogP contribution is -2.38. The molecular formula is C17H26Cl2N4O. The van der Waals surface area contributed by atoms with Crippen molar-refractivity contribution < 1.29 is 4.79 Å². The van der Waals surface area contributed by atoms with Crippen LogP contribution in [0.1, 0.15) is 38.6 Å². The van der Waals surface area contributed by atoms with E-state index in [-0.39, 0.29) is 42.7 Å². The first-order valence-corrected chi connectivity index (χ1v) is 8.13. The van der Waals surface area contributed by atoms with Crippen molar-refractivity contribution in [1.29, 1.82) is 0 Å². The van der Waals surface area contributed by atoms with E-state index >= 15 is 0 Å². The van der Waals surface area contributed by atoms with E-state index in [9.17, 15) is 4.79 Å². The number of para-hydroxylation sites is 2. The molecule has 1 aliphatic rings. The Morgan fingerprint density at radius 3 is 2.75 bits per heavy atom. The van der Waals surface area contributed by atoms with Gasteiger partial charge in [-0.2, -0.15) is 0 Å². The number of carbonyl (C=O) groups is 1. The van der Waals surface area contributed by atoms with Gasteiger partial charge in [0.25, 0.3) is 0 Å². The van der Waals surface area contributed by atoms with Crippen LogP contribution in [0, 0.1) is 5.92 Å². The lowest BCUT2D eigenvalue weighted by Gasteiger charge is -2.27. The number of halogens is 2. The Morgan fingerprint density at radius 1 is 1.38 bits per heavy atom. The minimum atomic E-state index is -0.125. The van der Waals surface area contributed by atoms with E-state index in [1.807, 2.05) is 30.0 Å². The van der Waals surface area contributed by atoms with E-state index in [4.69, 9.17) is 10.7 Å². The van der Waals surface area contributed by atoms with E-state index in [0.29, 0.717) is 6.54 Å². The maximum atomic E-state index is 12.6. The Balaban J connectivity index is 0.00000144. The number of imidazole rings is 1. The van der Waals surface area contributed by atoms with E-state index in [2.05, 4.69) is 17.6 Å². The SMILES string of the molecule is CCn1c(C2CCCN2C(=O)C(C)CN)nc2ccccc21.Cl.Cl. The number of carbonyl (C=O) groups excluding carboxylic acids is 1. The molecule has 1 aromatic heterocycles. The molecule has 0 saturated carbocycles. The van der Waals surface area contributed by atoms with Crippen molar-refractivity contribution in [2.45, 2.75) is 39.3 Å². The minimum absolute atomic E-state index is 0. The molecule has 3 rings (SSSR count). The van der Waals surface area contributed by atoms with Gasteiger partial charge in [0.2, 0.25) is 5.91 Å². The monoisotopic (exact) mass is 372 g/mol. The van der Waals surface area contributed by atoms with Gasteiger partial charge in [-0.3, -0.25) is 4.79 Å². The molecule has 5 nitrogen and oxygen atoms in total. The summed E-state index contributed by atoms with van der Waals surface area (Å²) >= 11 is 0. The molecule has 2 N–H and O–H groups in total. The van der Waals surface area contributed by atoms with Gasteiger partial charge in [0.15, 0.2) is 0 Å². The van der Waals surface area contributed by atoms with Crippen LogP contribution in [-0.4, -0.2) is 33.4 Å². The Morgan fingerprint density at radius 2 is 2.08 bits per heavy atom. The van der Waals surface area contributed by atoms with Gasteiger partial charge < -0.3 is 15.2 Å². The molecule has 7 heteroatoms. The zero-order valence-corrected chi connectivity index (χ0v) is 15.8. The Kier molecular flexibility index (Phi) is 7.52. The van der Waals surface area contributed by atoms with Gasteiger partial charge in [0.1, 0.15) is 5.82 Å². The second kappa shape index (κ2) is 8.70. The summed E-state index contributed by atoms with van der Waals surface area (Å²) in [6.07, 6.45) is 2.01. The number of hydrogen-bond donors (Lipinski definition) is 1. The topological polar surface area (TPSA) is 64.2 Å². The van der Waals surface area contributed by atoms with Gasteiger partial charge >= 0.3 is 0 Å². The molecule has 2 unspecified atom stereocenters. The lowest BCUT2D eigenvalue weighted by molar-refractivity contribution is -0.135. The van der Waals surface area contributed by atoms with Gasteiger partial charge in [-0.25, -0.2) is 4.98 Å². The summed E-state index contributed by atoms with van der Waals surface area (Å²) in [6.45, 7) is 6.09. The molecule has 2 atom stereocenters. The number of nitrogens with two attached hydrogens (primary N) is 1. The third-order valence-corrected chi connectivity index (χ3v) is 4.61. The standard InChI is InChI=1S/C17H24N4O.2ClH/c1-3-20-14-8-5-4-7-13(14)19-16(20)15-9-6-10-21(15)17(22)12(2)11-18;;/h4-5,7-8,12,15H,3,6,9-11,18H2,1-2H3;2*1H. The number of likely N-dealkylation sites (tertiary alicyclic amines) is 1. The number of fused-ring (bicyclic) bond motifs is 1. The summed E-state index contributed by atoms with van der Waals surface area (Å²) in [5, 5.41) is 0. The fourth-order valence-electron chi connectivity index (χ4n) is 3.36. The van der Waals surface area contributed by atoms with Crippen molar-refractivity contribution in [2.24, 2.45) is 11.7 Å². The van der Waals surface area contributed by atoms with Gasteiger partial charge in [-0.05, 0) is 31.9 Å². The van der Waals surface area contributed by atoms with Crippen LogP contribution >= 0.6 is 24.8 Å². The number of rotatable bonds is 4. The quantitative estimate of drug-likeness (QED) is 0.896. The number of amides is 1. The van der Waals surface area contributed by atoms with Crippen molar-refractivity contribution in [3.8, 4) is 0 Å². The van der Waals surface area contributed by atoms with Crippen LogP contribution in [0.2, 0.25) is 0 Å². The molecule has 1 amide bonds. The fourth-order valence-corrected chi connectivity index (χ4v) is 3.36. The zero-order chi connectivity index (χ0) is 15.7. The molecular weight excluding hydrogens is 347 g/mol. The van der Waals surface area contributed by atoms with Crippen LogP contribution in [0.25, 0.3) is 11.0 Å². The lowest BCUT2D eigenvalue weighted by atomic mass is 10.1. The highest BCUT2D eigenvalue weighted by molar-refractivity contribution is 5.85. The third kappa shape index (κ3) is 3.53. The normalized spacial score (nSPS) is 18.1. The Labute approximate surface area is 155 Å². The Bertz CT molecular complexity index is 688. The maximum absolute atomic E-state index is 12.6. The minimum Gasteiger partial charge on any atom is -0.332 e. The molecule has 2 aromatic rings. The second-order valence-corrected chi connectivity index (χ2v) is 6.03. The molecule has 0 bridgehead atoms. The average Bonchev–Trinajstić information content (AvgIpc) is 3.16. The summed E-state index contributed by atoms with van der Waals surface area (Å²) in [6, 6.07) is 8.25. The summed E-state index contributed by atoms with van der Waals surface area (Å²) in [7, 11) is 0. The van der Waals surface area contributed by atoms with E-state index < -0.39 is 0 Å². The molecule has 24 heavy (non-hydrogen) atoms. The third-order valence-electron chi connectivity index (χ3n) is 4.61. The fraction of sp³-hybridized carbons (Fsp3) is 0.529. The van der Waals surface area contributed by atoms with Gasteiger partial charge in [-0.1, -0.05) is 19.1 Å². The van der Waals surface area contributed by atoms with Crippen molar-refractivity contribution in [1.82, 2.24) is 14.5 Å². The van der Waals surface area contributed by atoms with Crippen LogP contribution < -0.4 is 5.73 Å². The first-order chi connectivity index (χ1) is 10.7. The average molecular weight is 373 g/mol. The summed E-state index contributed by atoms with van der Waals surface area (Å²) < 4.78 is 2.23. The summed E-state index contributed by atoms with van der Waals surface area (Å²) in [5.41, 5.74) is 7.82. The van der Waals surface area contributed by atoms with Crippen LogP contribution in [0.5, 0.6) is 0 Å². The molecule has 0 spiro atoms. The molecule has 0 aliphatic carbocycles. The largest absolute Gasteiger partial charge is 0.332 e. The van der Waals surface area contributed by atoms with E-state index in [0.717, 1.165) is 42.8 Å². The predicted octanol–water partition coefficient (Wildman–Crippen LogP) is 3.16. The summed E-state index contributed by atoms with van der Waals surface area (Å²) in [5.74, 6) is 1.04. The van der Waals surface area contributed by atoms with Crippen molar-refractivity contribution in [2.75, 3.05) is 13.1 Å². The van der Waals surface area contributed by atoms with Crippen LogP contribution in [0.15, 0.2) is 24.3 Å². The first kappa shape index (κ1) is 20.7. The molecule has 0 radical (unpaired) electrons. The number of hydrogen-bond acceptors (Lipinski definition) is 3. The number of benzene rings is 1. The first-order valence-electron chi connectivity index (χ1n) is 8.13. The number of aromatic nitrogens is 2. The van der Waals surface area contributed by atoms with E-state index in [1.54, 1.807) is 0 Å². The smallest absolute Gasteiger partial charge is 0.227 e. The molecule has 1 saturated heterocycles. The van der Waals surface area contributed by atoms with Crippen molar-refractivity contribution >= 4 is 41.8 Å². The second-order valence-electron chi connectivity index (χ2n) is 6.03. The maximum Gasteiger partial charge on any atom is 0.227 e. The molecule has 134 valence electrons. The van der Waals surface area contributed by atoms with E-state index in [1.165, 1.54) is 0 Å². The van der Waals surface area contributed by atoms with Gasteiger partial charge in [0.05, 0.1) is 17.1 Å². The number of aryl methyl sites for hydroxylation is 1. The van der Waals surface area contributed by atoms with Crippen LogP contribution in [0.4, 0.5) is 0 Å². The predicted molar refractivity (Wildman–Crippen MR) is 102 cm³/mol. The number of nitrogens with zero attached hydrogens (tertiary/aromatic N) is 3.